The molecular weight excluding hydrogens is 607 g/mol. The van der Waals surface area contributed by atoms with E-state index >= 15 is 0 Å². The van der Waals surface area contributed by atoms with Gasteiger partial charge in [0.15, 0.2) is 0 Å². The topological polar surface area (TPSA) is 36.4 Å². The fourth-order valence-corrected chi connectivity index (χ4v) is 7.78. The molecule has 2 aliphatic heterocycles. The molecule has 0 saturated heterocycles. The maximum Gasteiger partial charge on any atom is 0.126 e. The van der Waals surface area contributed by atoms with Gasteiger partial charge in [0.1, 0.15) is 6.17 Å². The molecule has 0 amide bonds. The van der Waals surface area contributed by atoms with Crippen molar-refractivity contribution < 1.29 is 0 Å². The third-order valence-corrected chi connectivity index (χ3v) is 10.8. The van der Waals surface area contributed by atoms with E-state index in [1.165, 1.54) is 61.4 Å². The number of anilines is 1. The van der Waals surface area contributed by atoms with Crippen molar-refractivity contribution in [3.63, 3.8) is 0 Å². The van der Waals surface area contributed by atoms with E-state index in [0.717, 1.165) is 43.5 Å². The van der Waals surface area contributed by atoms with Gasteiger partial charge in [0.05, 0.1) is 11.8 Å². The van der Waals surface area contributed by atoms with Crippen molar-refractivity contribution in [3.8, 4) is 11.1 Å². The van der Waals surface area contributed by atoms with Crippen LogP contribution in [-0.4, -0.2) is 18.4 Å². The summed E-state index contributed by atoms with van der Waals surface area (Å²) in [6.07, 6.45) is 19.8. The first-order chi connectivity index (χ1) is 24.5. The lowest BCUT2D eigenvalue weighted by molar-refractivity contribution is 0.520. The monoisotopic (exact) mass is 651 g/mol. The summed E-state index contributed by atoms with van der Waals surface area (Å²) in [7, 11) is 0. The maximum absolute atomic E-state index is 5.31. The number of nitrogens with zero attached hydrogens (tertiary/aromatic N) is 1. The van der Waals surface area contributed by atoms with Gasteiger partial charge in [-0.3, -0.25) is 10.3 Å². The Morgan fingerprint density at radius 2 is 1.46 bits per heavy atom. The number of para-hydroxylation sites is 1. The number of nitrogens with one attached hydrogen (secondary N) is 2. The summed E-state index contributed by atoms with van der Waals surface area (Å²) in [4.78, 5) is 5.31. The molecule has 8 rings (SSSR count). The second-order valence-corrected chi connectivity index (χ2v) is 14.3. The zero-order valence-electron chi connectivity index (χ0n) is 29.1. The third-order valence-electron chi connectivity index (χ3n) is 10.8. The zero-order chi connectivity index (χ0) is 34.1. The molecule has 2 aliphatic carbocycles. The standard InChI is InChI=1S/C47H45N3/c1-32-43(37-21-19-34(20-22-37)33-12-6-4-7-13-33)49-46(39-14-8-5-9-15-39)50-44(32)38-25-29-41(30-26-38)47(2,3)40-27-23-35(24-28-40)42-18-10-16-36-17-11-31-48-45(36)42/h4,6-8,10-19,21,23-30,44,46,48,50H,1,5,9,20,22,31H2,2-3H3. The van der Waals surface area contributed by atoms with Crippen LogP contribution >= 0.6 is 0 Å². The van der Waals surface area contributed by atoms with E-state index in [1.54, 1.807) is 0 Å². The number of fused-ring (bicyclic) bond motifs is 1. The summed E-state index contributed by atoms with van der Waals surface area (Å²) in [5.74, 6) is 0. The molecule has 3 nitrogen and oxygen atoms in total. The molecule has 0 spiro atoms. The first kappa shape index (κ1) is 32.0. The SMILES string of the molecule is C=C1C(C2=CC=C(c3ccccc3)CC2)=NC(C2=CCCC=C2)NC1c1ccc(C(C)(C)c2ccc(-c3cccc4c3NCC=C4)cc2)cc1. The first-order valence-corrected chi connectivity index (χ1v) is 18.1. The Hall–Kier alpha value is -5.25. The van der Waals surface area contributed by atoms with Crippen molar-refractivity contribution in [2.75, 3.05) is 11.9 Å². The van der Waals surface area contributed by atoms with E-state index in [0.29, 0.717) is 0 Å². The van der Waals surface area contributed by atoms with Crippen LogP contribution in [0.25, 0.3) is 22.8 Å². The molecule has 0 aromatic heterocycles. The molecule has 2 heterocycles. The molecule has 4 aromatic rings. The fraction of sp³-hybridized carbons (Fsp3) is 0.213. The van der Waals surface area contributed by atoms with Gasteiger partial charge in [0.25, 0.3) is 0 Å². The van der Waals surface area contributed by atoms with Gasteiger partial charge in [-0.1, -0.05) is 160 Å². The van der Waals surface area contributed by atoms with Gasteiger partial charge < -0.3 is 5.32 Å². The highest BCUT2D eigenvalue weighted by Crippen LogP contribution is 2.39. The second-order valence-electron chi connectivity index (χ2n) is 14.3. The molecular formula is C47H45N3. The minimum Gasteiger partial charge on any atom is -0.381 e. The minimum absolute atomic E-state index is 0.0270. The summed E-state index contributed by atoms with van der Waals surface area (Å²) in [6, 6.07) is 35.5. The average molecular weight is 652 g/mol. The van der Waals surface area contributed by atoms with Crippen LogP contribution in [0.2, 0.25) is 0 Å². The lowest BCUT2D eigenvalue weighted by Gasteiger charge is -2.35. The van der Waals surface area contributed by atoms with Gasteiger partial charge in [0.2, 0.25) is 0 Å². The van der Waals surface area contributed by atoms with Crippen LogP contribution in [0.1, 0.15) is 73.4 Å². The summed E-state index contributed by atoms with van der Waals surface area (Å²) in [5.41, 5.74) is 15.9. The highest BCUT2D eigenvalue weighted by atomic mass is 15.1. The lowest BCUT2D eigenvalue weighted by atomic mass is 9.77. The van der Waals surface area contributed by atoms with E-state index in [2.05, 4.69) is 171 Å². The Balaban J connectivity index is 1.06. The predicted octanol–water partition coefficient (Wildman–Crippen LogP) is 11.2. The van der Waals surface area contributed by atoms with Gasteiger partial charge in [-0.25, -0.2) is 0 Å². The van der Waals surface area contributed by atoms with E-state index in [9.17, 15) is 0 Å². The summed E-state index contributed by atoms with van der Waals surface area (Å²) in [6.45, 7) is 10.2. The van der Waals surface area contributed by atoms with Crippen molar-refractivity contribution in [2.24, 2.45) is 4.99 Å². The van der Waals surface area contributed by atoms with Crippen molar-refractivity contribution in [2.45, 2.75) is 57.2 Å². The molecule has 4 aromatic carbocycles. The van der Waals surface area contributed by atoms with Crippen LogP contribution in [0.4, 0.5) is 5.69 Å². The minimum atomic E-state index is -0.159. The first-order valence-electron chi connectivity index (χ1n) is 18.1. The Morgan fingerprint density at radius 3 is 2.18 bits per heavy atom. The smallest absolute Gasteiger partial charge is 0.126 e. The molecule has 2 atom stereocenters. The van der Waals surface area contributed by atoms with E-state index in [4.69, 9.17) is 4.99 Å². The third kappa shape index (κ3) is 6.19. The highest BCUT2D eigenvalue weighted by Gasteiger charge is 2.32. The van der Waals surface area contributed by atoms with Gasteiger partial charge >= 0.3 is 0 Å². The second kappa shape index (κ2) is 13.6. The number of hydrogen-bond donors (Lipinski definition) is 2. The molecule has 2 N–H and O–H groups in total. The summed E-state index contributed by atoms with van der Waals surface area (Å²) < 4.78 is 0. The van der Waals surface area contributed by atoms with Crippen LogP contribution in [0, 0.1) is 0 Å². The predicted molar refractivity (Wildman–Crippen MR) is 212 cm³/mol. The van der Waals surface area contributed by atoms with E-state index in [1.807, 2.05) is 0 Å². The van der Waals surface area contributed by atoms with Crippen molar-refractivity contribution in [1.29, 1.82) is 0 Å². The van der Waals surface area contributed by atoms with Crippen molar-refractivity contribution in [1.82, 2.24) is 5.32 Å². The molecule has 0 fully saturated rings. The Kier molecular flexibility index (Phi) is 8.68. The molecule has 4 aliphatic rings. The van der Waals surface area contributed by atoms with Gasteiger partial charge in [-0.2, -0.15) is 0 Å². The molecule has 3 heteroatoms. The average Bonchev–Trinajstić information content (AvgIpc) is 3.19. The normalized spacial score (nSPS) is 20.2. The Bertz CT molecular complexity index is 2100. The van der Waals surface area contributed by atoms with Crippen LogP contribution < -0.4 is 10.6 Å². The number of benzene rings is 4. The number of rotatable bonds is 7. The zero-order valence-corrected chi connectivity index (χ0v) is 29.1. The molecule has 50 heavy (non-hydrogen) atoms. The van der Waals surface area contributed by atoms with Crippen LogP contribution in [0.3, 0.4) is 0 Å². The quantitative estimate of drug-likeness (QED) is 0.209. The van der Waals surface area contributed by atoms with Crippen molar-refractivity contribution >= 4 is 23.0 Å². The Labute approximate surface area is 297 Å². The van der Waals surface area contributed by atoms with Crippen LogP contribution in [0.15, 0.2) is 162 Å². The van der Waals surface area contributed by atoms with Crippen LogP contribution in [0.5, 0.6) is 0 Å². The molecule has 248 valence electrons. The van der Waals surface area contributed by atoms with E-state index in [-0.39, 0.29) is 17.6 Å². The number of aliphatic imine (C=N–C) groups is 1. The van der Waals surface area contributed by atoms with Gasteiger partial charge in [-0.15, -0.1) is 0 Å². The summed E-state index contributed by atoms with van der Waals surface area (Å²) in [5, 5.41) is 7.44. The lowest BCUT2D eigenvalue weighted by Crippen LogP contribution is -2.41. The number of allylic oxidation sites excluding steroid dienone is 6. The van der Waals surface area contributed by atoms with Gasteiger partial charge in [-0.05, 0) is 81.4 Å². The highest BCUT2D eigenvalue weighted by molar-refractivity contribution is 6.14. The van der Waals surface area contributed by atoms with Crippen molar-refractivity contribution in [3.05, 3.63) is 185 Å². The largest absolute Gasteiger partial charge is 0.381 e. The Morgan fingerprint density at radius 1 is 0.720 bits per heavy atom. The summed E-state index contributed by atoms with van der Waals surface area (Å²) >= 11 is 0. The van der Waals surface area contributed by atoms with Gasteiger partial charge in [0, 0.05) is 23.2 Å². The molecule has 0 radical (unpaired) electrons. The van der Waals surface area contributed by atoms with E-state index < -0.39 is 0 Å². The maximum atomic E-state index is 5.31. The molecule has 0 bridgehead atoms. The fourth-order valence-electron chi connectivity index (χ4n) is 7.78. The molecule has 0 saturated carbocycles. The van der Waals surface area contributed by atoms with Crippen LogP contribution in [-0.2, 0) is 5.41 Å². The number of hydrogen-bond acceptors (Lipinski definition) is 3. The molecule has 2 unspecified atom stereocenters.